The standard InChI is InChI=1S/C13H16O3/c1-3-10(9-12(14)13(15)16-2)11-7-5-4-6-8-11/h4-8,10H,3,9H2,1-2H3/t10-/m0/s1. The quantitative estimate of drug-likeness (QED) is 0.565. The highest BCUT2D eigenvalue weighted by Crippen LogP contribution is 2.23. The van der Waals surface area contributed by atoms with Crippen LogP contribution in [0.5, 0.6) is 0 Å². The molecule has 0 amide bonds. The molecule has 0 heterocycles. The van der Waals surface area contributed by atoms with Crippen LogP contribution in [0, 0.1) is 0 Å². The second-order valence-electron chi connectivity index (χ2n) is 3.63. The maximum Gasteiger partial charge on any atom is 0.374 e. The summed E-state index contributed by atoms with van der Waals surface area (Å²) < 4.78 is 4.40. The molecule has 0 saturated heterocycles. The number of esters is 1. The maximum atomic E-state index is 11.4. The zero-order chi connectivity index (χ0) is 12.0. The summed E-state index contributed by atoms with van der Waals surface area (Å²) in [4.78, 5) is 22.5. The van der Waals surface area contributed by atoms with Crippen LogP contribution in [0.4, 0.5) is 0 Å². The predicted molar refractivity (Wildman–Crippen MR) is 61.1 cm³/mol. The average Bonchev–Trinajstić information content (AvgIpc) is 2.35. The Morgan fingerprint density at radius 2 is 1.88 bits per heavy atom. The highest BCUT2D eigenvalue weighted by atomic mass is 16.5. The fourth-order valence-corrected chi connectivity index (χ4v) is 1.64. The van der Waals surface area contributed by atoms with Crippen molar-refractivity contribution in [2.75, 3.05) is 7.11 Å². The Labute approximate surface area is 95.4 Å². The van der Waals surface area contributed by atoms with Crippen LogP contribution >= 0.6 is 0 Å². The largest absolute Gasteiger partial charge is 0.463 e. The lowest BCUT2D eigenvalue weighted by molar-refractivity contribution is -0.151. The van der Waals surface area contributed by atoms with Gasteiger partial charge in [-0.3, -0.25) is 4.79 Å². The van der Waals surface area contributed by atoms with Gasteiger partial charge in [0.15, 0.2) is 0 Å². The predicted octanol–water partition coefficient (Wildman–Crippen LogP) is 2.31. The van der Waals surface area contributed by atoms with Crippen LogP contribution in [0.15, 0.2) is 30.3 Å². The number of Topliss-reactive ketones (excluding diaryl/α,β-unsaturated/α-hetero) is 1. The first kappa shape index (κ1) is 12.4. The summed E-state index contributed by atoms with van der Waals surface area (Å²) >= 11 is 0. The van der Waals surface area contributed by atoms with E-state index in [0.29, 0.717) is 0 Å². The number of hydrogen-bond acceptors (Lipinski definition) is 3. The van der Waals surface area contributed by atoms with E-state index in [1.807, 2.05) is 37.3 Å². The van der Waals surface area contributed by atoms with E-state index in [4.69, 9.17) is 0 Å². The molecule has 86 valence electrons. The SMILES string of the molecule is CC[C@@H](CC(=O)C(=O)OC)c1ccccc1. The van der Waals surface area contributed by atoms with E-state index in [0.717, 1.165) is 12.0 Å². The smallest absolute Gasteiger partial charge is 0.374 e. The van der Waals surface area contributed by atoms with Gasteiger partial charge in [-0.25, -0.2) is 4.79 Å². The minimum absolute atomic E-state index is 0.0906. The van der Waals surface area contributed by atoms with E-state index in [2.05, 4.69) is 4.74 Å². The summed E-state index contributed by atoms with van der Waals surface area (Å²) in [6, 6.07) is 9.73. The maximum absolute atomic E-state index is 11.4. The van der Waals surface area contributed by atoms with E-state index in [-0.39, 0.29) is 12.3 Å². The van der Waals surface area contributed by atoms with Crippen molar-refractivity contribution in [3.8, 4) is 0 Å². The second-order valence-corrected chi connectivity index (χ2v) is 3.63. The highest BCUT2D eigenvalue weighted by molar-refractivity contribution is 6.33. The van der Waals surface area contributed by atoms with Crippen LogP contribution in [0.1, 0.15) is 31.2 Å². The van der Waals surface area contributed by atoms with Gasteiger partial charge in [-0.05, 0) is 17.9 Å². The number of hydrogen-bond donors (Lipinski definition) is 0. The lowest BCUT2D eigenvalue weighted by Gasteiger charge is -2.13. The van der Waals surface area contributed by atoms with Gasteiger partial charge in [0.2, 0.25) is 5.78 Å². The van der Waals surface area contributed by atoms with Gasteiger partial charge in [0.05, 0.1) is 7.11 Å². The molecule has 0 aliphatic heterocycles. The van der Waals surface area contributed by atoms with E-state index in [1.54, 1.807) is 0 Å². The first-order valence-corrected chi connectivity index (χ1v) is 5.35. The Morgan fingerprint density at radius 1 is 1.25 bits per heavy atom. The fourth-order valence-electron chi connectivity index (χ4n) is 1.64. The van der Waals surface area contributed by atoms with Crippen molar-refractivity contribution < 1.29 is 14.3 Å². The van der Waals surface area contributed by atoms with Crippen molar-refractivity contribution in [2.24, 2.45) is 0 Å². The number of ether oxygens (including phenoxy) is 1. The molecule has 0 bridgehead atoms. The van der Waals surface area contributed by atoms with Gasteiger partial charge in [-0.15, -0.1) is 0 Å². The van der Waals surface area contributed by atoms with E-state index < -0.39 is 11.8 Å². The second kappa shape index (κ2) is 6.05. The van der Waals surface area contributed by atoms with Gasteiger partial charge in [0.1, 0.15) is 0 Å². The molecule has 1 aromatic carbocycles. The molecule has 0 unspecified atom stereocenters. The number of ketones is 1. The molecule has 0 aliphatic carbocycles. The zero-order valence-corrected chi connectivity index (χ0v) is 9.60. The summed E-state index contributed by atoms with van der Waals surface area (Å²) in [7, 11) is 1.23. The Balaban J connectivity index is 2.70. The minimum Gasteiger partial charge on any atom is -0.463 e. The summed E-state index contributed by atoms with van der Waals surface area (Å²) in [5.74, 6) is -1.12. The van der Waals surface area contributed by atoms with Gasteiger partial charge in [-0.1, -0.05) is 37.3 Å². The van der Waals surface area contributed by atoms with Gasteiger partial charge in [0.25, 0.3) is 0 Å². The third-order valence-corrected chi connectivity index (χ3v) is 2.61. The number of rotatable bonds is 5. The summed E-state index contributed by atoms with van der Waals surface area (Å²) in [6.45, 7) is 2.00. The number of benzene rings is 1. The molecule has 0 fully saturated rings. The molecule has 3 heteroatoms. The van der Waals surface area contributed by atoms with Crippen LogP contribution < -0.4 is 0 Å². The van der Waals surface area contributed by atoms with Crippen molar-refractivity contribution >= 4 is 11.8 Å². The molecule has 0 saturated carbocycles. The fraction of sp³-hybridized carbons (Fsp3) is 0.385. The molecule has 1 aromatic rings. The third-order valence-electron chi connectivity index (χ3n) is 2.61. The molecule has 16 heavy (non-hydrogen) atoms. The molecular formula is C13H16O3. The van der Waals surface area contributed by atoms with Crippen LogP contribution in [0.2, 0.25) is 0 Å². The monoisotopic (exact) mass is 220 g/mol. The Hall–Kier alpha value is -1.64. The highest BCUT2D eigenvalue weighted by Gasteiger charge is 2.20. The van der Waals surface area contributed by atoms with Gasteiger partial charge >= 0.3 is 5.97 Å². The van der Waals surface area contributed by atoms with E-state index in [1.165, 1.54) is 7.11 Å². The first-order chi connectivity index (χ1) is 7.69. The van der Waals surface area contributed by atoms with Gasteiger partial charge in [-0.2, -0.15) is 0 Å². The summed E-state index contributed by atoms with van der Waals surface area (Å²) in [6.07, 6.45) is 1.04. The molecule has 0 radical (unpaired) electrons. The molecule has 0 spiro atoms. The van der Waals surface area contributed by atoms with Crippen LogP contribution in [0.25, 0.3) is 0 Å². The van der Waals surface area contributed by atoms with Gasteiger partial charge < -0.3 is 4.74 Å². The van der Waals surface area contributed by atoms with Crippen molar-refractivity contribution in [2.45, 2.75) is 25.7 Å². The summed E-state index contributed by atoms with van der Waals surface area (Å²) in [5.41, 5.74) is 1.09. The van der Waals surface area contributed by atoms with E-state index >= 15 is 0 Å². The minimum atomic E-state index is -0.755. The van der Waals surface area contributed by atoms with Crippen molar-refractivity contribution in [1.29, 1.82) is 0 Å². The average molecular weight is 220 g/mol. The van der Waals surface area contributed by atoms with E-state index in [9.17, 15) is 9.59 Å². The molecular weight excluding hydrogens is 204 g/mol. The lowest BCUT2D eigenvalue weighted by atomic mass is 9.91. The normalized spacial score (nSPS) is 11.9. The number of carbonyl (C=O) groups is 2. The Kier molecular flexibility index (Phi) is 4.70. The van der Waals surface area contributed by atoms with Crippen LogP contribution in [0.3, 0.4) is 0 Å². The Morgan fingerprint density at radius 3 is 2.38 bits per heavy atom. The first-order valence-electron chi connectivity index (χ1n) is 5.35. The molecule has 0 aromatic heterocycles. The number of carbonyl (C=O) groups excluding carboxylic acids is 2. The van der Waals surface area contributed by atoms with Crippen LogP contribution in [-0.4, -0.2) is 18.9 Å². The molecule has 3 nitrogen and oxygen atoms in total. The zero-order valence-electron chi connectivity index (χ0n) is 9.60. The topological polar surface area (TPSA) is 43.4 Å². The number of methoxy groups -OCH3 is 1. The molecule has 0 aliphatic rings. The Bertz CT molecular complexity index is 357. The molecule has 1 rings (SSSR count). The van der Waals surface area contributed by atoms with Crippen molar-refractivity contribution in [3.63, 3.8) is 0 Å². The van der Waals surface area contributed by atoms with Gasteiger partial charge in [0, 0.05) is 6.42 Å². The lowest BCUT2D eigenvalue weighted by Crippen LogP contribution is -2.18. The molecule has 0 N–H and O–H groups in total. The molecule has 1 atom stereocenters. The summed E-state index contributed by atoms with van der Waals surface area (Å²) in [5, 5.41) is 0. The van der Waals surface area contributed by atoms with Crippen molar-refractivity contribution in [3.05, 3.63) is 35.9 Å². The third kappa shape index (κ3) is 3.19. The van der Waals surface area contributed by atoms with Crippen molar-refractivity contribution in [1.82, 2.24) is 0 Å². The van der Waals surface area contributed by atoms with Crippen LogP contribution in [-0.2, 0) is 14.3 Å².